The Morgan fingerprint density at radius 3 is 2.64 bits per heavy atom. The largest absolute Gasteiger partial charge is 0.366 e. The van der Waals surface area contributed by atoms with Crippen molar-refractivity contribution in [3.63, 3.8) is 0 Å². The molecule has 0 saturated heterocycles. The monoisotopic (exact) mass is 321 g/mol. The highest BCUT2D eigenvalue weighted by atomic mass is 32.2. The number of hydrogen-bond acceptors (Lipinski definition) is 4. The Kier molecular flexibility index (Phi) is 4.77. The number of pyridine rings is 1. The number of nitrogens with zero attached hydrogens (tertiary/aromatic N) is 1. The summed E-state index contributed by atoms with van der Waals surface area (Å²) in [6, 6.07) is 8.43. The molecule has 0 aliphatic heterocycles. The zero-order chi connectivity index (χ0) is 16.3. The van der Waals surface area contributed by atoms with Crippen LogP contribution in [0.1, 0.15) is 30.6 Å². The van der Waals surface area contributed by atoms with E-state index in [4.69, 9.17) is 5.73 Å². The van der Waals surface area contributed by atoms with Crippen LogP contribution in [0.15, 0.2) is 35.4 Å². The standard InChI is InChI=1S/C15H19N3O3S/c1-10(2)7-8-17-22(20,21)15-12(14(16)19)9-11-5-3-4-6-13(11)18-15/h3-6,9-10,17H,7-8H2,1-2H3,(H2,16,19). The molecule has 0 aliphatic rings. The van der Waals surface area contributed by atoms with Gasteiger partial charge < -0.3 is 5.73 Å². The highest BCUT2D eigenvalue weighted by Crippen LogP contribution is 2.20. The fourth-order valence-corrected chi connectivity index (χ4v) is 3.22. The quantitative estimate of drug-likeness (QED) is 0.844. The smallest absolute Gasteiger partial charge is 0.258 e. The second-order valence-corrected chi connectivity index (χ2v) is 7.16. The number of benzene rings is 1. The number of carbonyl (C=O) groups is 1. The minimum absolute atomic E-state index is 0.101. The van der Waals surface area contributed by atoms with Gasteiger partial charge in [0.05, 0.1) is 11.1 Å². The van der Waals surface area contributed by atoms with Crippen molar-refractivity contribution < 1.29 is 13.2 Å². The lowest BCUT2D eigenvalue weighted by atomic mass is 10.1. The van der Waals surface area contributed by atoms with E-state index in [0.717, 1.165) is 0 Å². The summed E-state index contributed by atoms with van der Waals surface area (Å²) in [7, 11) is -3.89. The topological polar surface area (TPSA) is 102 Å². The predicted molar refractivity (Wildman–Crippen MR) is 84.9 cm³/mol. The first-order valence-electron chi connectivity index (χ1n) is 7.00. The van der Waals surface area contributed by atoms with Crippen LogP contribution >= 0.6 is 0 Å². The second-order valence-electron chi connectivity index (χ2n) is 5.48. The van der Waals surface area contributed by atoms with Gasteiger partial charge in [-0.1, -0.05) is 32.0 Å². The number of aromatic nitrogens is 1. The molecule has 3 N–H and O–H groups in total. The fraction of sp³-hybridized carbons (Fsp3) is 0.333. The van der Waals surface area contributed by atoms with Crippen LogP contribution in [0.25, 0.3) is 10.9 Å². The second kappa shape index (κ2) is 6.41. The number of rotatable bonds is 6. The lowest BCUT2D eigenvalue weighted by molar-refractivity contribution is 0.0996. The van der Waals surface area contributed by atoms with Crippen molar-refractivity contribution in [2.75, 3.05) is 6.54 Å². The molecule has 2 rings (SSSR count). The Bertz CT molecular complexity index is 801. The van der Waals surface area contributed by atoms with Crippen molar-refractivity contribution in [3.05, 3.63) is 35.9 Å². The number of carbonyl (C=O) groups excluding carboxylic acids is 1. The number of nitrogens with two attached hydrogens (primary N) is 1. The van der Waals surface area contributed by atoms with Crippen molar-refractivity contribution >= 4 is 26.8 Å². The first kappa shape index (κ1) is 16.4. The molecule has 0 spiro atoms. The van der Waals surface area contributed by atoms with Gasteiger partial charge in [-0.15, -0.1) is 0 Å². The molecule has 2 aromatic rings. The van der Waals surface area contributed by atoms with Crippen molar-refractivity contribution in [3.8, 4) is 0 Å². The number of primary amides is 1. The van der Waals surface area contributed by atoms with Gasteiger partial charge >= 0.3 is 0 Å². The molecule has 22 heavy (non-hydrogen) atoms. The maximum absolute atomic E-state index is 12.4. The Morgan fingerprint density at radius 2 is 2.00 bits per heavy atom. The molecule has 7 heteroatoms. The molecular weight excluding hydrogens is 302 g/mol. The molecule has 0 radical (unpaired) electrons. The maximum Gasteiger partial charge on any atom is 0.258 e. The van der Waals surface area contributed by atoms with E-state index in [9.17, 15) is 13.2 Å². The highest BCUT2D eigenvalue weighted by molar-refractivity contribution is 7.89. The Labute approximate surface area is 129 Å². The average Bonchev–Trinajstić information content (AvgIpc) is 2.45. The van der Waals surface area contributed by atoms with Gasteiger partial charge in [0.25, 0.3) is 15.9 Å². The van der Waals surface area contributed by atoms with E-state index in [1.165, 1.54) is 6.07 Å². The first-order valence-corrected chi connectivity index (χ1v) is 8.49. The molecule has 1 aromatic carbocycles. The molecular formula is C15H19N3O3S. The van der Waals surface area contributed by atoms with Crippen molar-refractivity contribution in [1.82, 2.24) is 9.71 Å². The summed E-state index contributed by atoms with van der Waals surface area (Å²) in [4.78, 5) is 15.7. The highest BCUT2D eigenvalue weighted by Gasteiger charge is 2.23. The zero-order valence-electron chi connectivity index (χ0n) is 12.5. The number of sulfonamides is 1. The van der Waals surface area contributed by atoms with Crippen LogP contribution < -0.4 is 10.5 Å². The summed E-state index contributed by atoms with van der Waals surface area (Å²) in [5.41, 5.74) is 5.70. The predicted octanol–water partition coefficient (Wildman–Crippen LogP) is 1.66. The molecule has 0 fully saturated rings. The van der Waals surface area contributed by atoms with Crippen LogP contribution in [0.5, 0.6) is 0 Å². The third kappa shape index (κ3) is 3.61. The van der Waals surface area contributed by atoms with Gasteiger partial charge in [0.2, 0.25) is 0 Å². The van der Waals surface area contributed by atoms with Crippen molar-refractivity contribution in [1.29, 1.82) is 0 Å². The molecule has 118 valence electrons. The van der Waals surface area contributed by atoms with Crippen molar-refractivity contribution in [2.24, 2.45) is 11.7 Å². The van der Waals surface area contributed by atoms with Gasteiger partial charge in [-0.25, -0.2) is 18.1 Å². The number of para-hydroxylation sites is 1. The molecule has 1 heterocycles. The van der Waals surface area contributed by atoms with Crippen LogP contribution in [0.3, 0.4) is 0 Å². The van der Waals surface area contributed by atoms with Crippen LogP contribution in [0.4, 0.5) is 0 Å². The Balaban J connectivity index is 2.48. The summed E-state index contributed by atoms with van der Waals surface area (Å²) in [5.74, 6) is -0.453. The summed E-state index contributed by atoms with van der Waals surface area (Å²) in [6.45, 7) is 4.28. The van der Waals surface area contributed by atoms with Crippen LogP contribution in [0.2, 0.25) is 0 Å². The van der Waals surface area contributed by atoms with Crippen LogP contribution in [0, 0.1) is 5.92 Å². The fourth-order valence-electron chi connectivity index (χ4n) is 2.03. The number of hydrogen-bond donors (Lipinski definition) is 2. The van der Waals surface area contributed by atoms with Gasteiger partial charge in [0.1, 0.15) is 0 Å². The summed E-state index contributed by atoms with van der Waals surface area (Å²) in [5, 5.41) is 0.347. The molecule has 0 bridgehead atoms. The number of amides is 1. The van der Waals surface area contributed by atoms with Gasteiger partial charge in [0, 0.05) is 11.9 Å². The summed E-state index contributed by atoms with van der Waals surface area (Å²) >= 11 is 0. The first-order chi connectivity index (χ1) is 10.3. The minimum Gasteiger partial charge on any atom is -0.366 e. The Hall–Kier alpha value is -1.99. The summed E-state index contributed by atoms with van der Waals surface area (Å²) in [6.07, 6.45) is 0.693. The molecule has 1 aromatic heterocycles. The number of fused-ring (bicyclic) bond motifs is 1. The van der Waals surface area contributed by atoms with E-state index in [-0.39, 0.29) is 17.1 Å². The molecule has 0 saturated carbocycles. The lowest BCUT2D eigenvalue weighted by Crippen LogP contribution is -2.29. The van der Waals surface area contributed by atoms with Gasteiger partial charge in [-0.3, -0.25) is 4.79 Å². The number of nitrogens with one attached hydrogen (secondary N) is 1. The molecule has 1 amide bonds. The average molecular weight is 321 g/mol. The van der Waals surface area contributed by atoms with E-state index < -0.39 is 15.9 Å². The summed E-state index contributed by atoms with van der Waals surface area (Å²) < 4.78 is 27.3. The van der Waals surface area contributed by atoms with E-state index in [0.29, 0.717) is 23.2 Å². The lowest BCUT2D eigenvalue weighted by Gasteiger charge is -2.11. The Morgan fingerprint density at radius 1 is 1.32 bits per heavy atom. The van der Waals surface area contributed by atoms with E-state index in [1.54, 1.807) is 24.3 Å². The zero-order valence-corrected chi connectivity index (χ0v) is 13.4. The van der Waals surface area contributed by atoms with Gasteiger partial charge in [0.15, 0.2) is 5.03 Å². The normalized spacial score (nSPS) is 12.0. The van der Waals surface area contributed by atoms with Gasteiger partial charge in [-0.05, 0) is 24.5 Å². The van der Waals surface area contributed by atoms with Gasteiger partial charge in [-0.2, -0.15) is 0 Å². The third-order valence-electron chi connectivity index (χ3n) is 3.22. The maximum atomic E-state index is 12.4. The van der Waals surface area contributed by atoms with Crippen LogP contribution in [-0.2, 0) is 10.0 Å². The third-order valence-corrected chi connectivity index (χ3v) is 4.63. The van der Waals surface area contributed by atoms with E-state index >= 15 is 0 Å². The van der Waals surface area contributed by atoms with E-state index in [2.05, 4.69) is 9.71 Å². The molecule has 0 unspecified atom stereocenters. The van der Waals surface area contributed by atoms with Crippen molar-refractivity contribution in [2.45, 2.75) is 25.3 Å². The minimum atomic E-state index is -3.89. The molecule has 0 aliphatic carbocycles. The molecule has 6 nitrogen and oxygen atoms in total. The van der Waals surface area contributed by atoms with Crippen LogP contribution in [-0.4, -0.2) is 25.9 Å². The van der Waals surface area contributed by atoms with E-state index in [1.807, 2.05) is 13.8 Å². The molecule has 0 atom stereocenters. The SMILES string of the molecule is CC(C)CCNS(=O)(=O)c1nc2ccccc2cc1C(N)=O.